The van der Waals surface area contributed by atoms with Gasteiger partial charge in [-0.05, 0) is 37.6 Å². The Bertz CT molecular complexity index is 736. The lowest BCUT2D eigenvalue weighted by Crippen LogP contribution is -2.26. The molecule has 1 amide bonds. The molecular weight excluding hydrogens is 350 g/mol. The van der Waals surface area contributed by atoms with E-state index in [0.29, 0.717) is 17.1 Å². The number of nitrogens with zero attached hydrogens (tertiary/aromatic N) is 1. The van der Waals surface area contributed by atoms with Gasteiger partial charge < -0.3 is 14.4 Å². The fraction of sp³-hybridized carbons (Fsp3) is 0.250. The molecule has 116 valence electrons. The summed E-state index contributed by atoms with van der Waals surface area (Å²) in [5.74, 6) is -0.408. The Labute approximate surface area is 136 Å². The van der Waals surface area contributed by atoms with E-state index in [9.17, 15) is 9.59 Å². The summed E-state index contributed by atoms with van der Waals surface area (Å²) in [6.07, 6.45) is 0. The van der Waals surface area contributed by atoms with Crippen LogP contribution in [0, 0.1) is 13.8 Å². The fourth-order valence-corrected chi connectivity index (χ4v) is 2.55. The second-order valence-electron chi connectivity index (χ2n) is 5.06. The topological polar surface area (TPSA) is 70.8 Å². The number of carboxylic acids is 1. The highest BCUT2D eigenvalue weighted by atomic mass is 79.9. The van der Waals surface area contributed by atoms with E-state index in [1.165, 1.54) is 11.0 Å². The van der Waals surface area contributed by atoms with Gasteiger partial charge in [-0.1, -0.05) is 22.0 Å². The Hall–Kier alpha value is -2.08. The van der Waals surface area contributed by atoms with Gasteiger partial charge in [-0.3, -0.25) is 4.79 Å². The van der Waals surface area contributed by atoms with Gasteiger partial charge in [0.15, 0.2) is 0 Å². The van der Waals surface area contributed by atoms with Gasteiger partial charge in [0.2, 0.25) is 0 Å². The largest absolute Gasteiger partial charge is 0.478 e. The number of carbonyl (C=O) groups excluding carboxylic acids is 1. The smallest absolute Gasteiger partial charge is 0.339 e. The van der Waals surface area contributed by atoms with Crippen molar-refractivity contribution >= 4 is 27.8 Å². The predicted molar refractivity (Wildman–Crippen MR) is 85.1 cm³/mol. The number of hydrogen-bond acceptors (Lipinski definition) is 3. The number of furan rings is 1. The fourth-order valence-electron chi connectivity index (χ4n) is 2.18. The lowest BCUT2D eigenvalue weighted by molar-refractivity contribution is 0.0694. The van der Waals surface area contributed by atoms with Crippen molar-refractivity contribution in [2.75, 3.05) is 7.05 Å². The number of aromatic carboxylic acids is 1. The normalized spacial score (nSPS) is 10.5. The average molecular weight is 366 g/mol. The van der Waals surface area contributed by atoms with Crippen molar-refractivity contribution in [2.24, 2.45) is 0 Å². The van der Waals surface area contributed by atoms with E-state index in [2.05, 4.69) is 15.9 Å². The zero-order chi connectivity index (χ0) is 16.4. The molecule has 6 heteroatoms. The van der Waals surface area contributed by atoms with Crippen molar-refractivity contribution in [3.8, 4) is 0 Å². The van der Waals surface area contributed by atoms with Gasteiger partial charge in [0.05, 0.1) is 6.54 Å². The first kappa shape index (κ1) is 16.3. The second-order valence-corrected chi connectivity index (χ2v) is 5.92. The summed E-state index contributed by atoms with van der Waals surface area (Å²) in [5, 5.41) is 9.02. The molecule has 0 saturated carbocycles. The van der Waals surface area contributed by atoms with Gasteiger partial charge >= 0.3 is 5.97 Å². The summed E-state index contributed by atoms with van der Waals surface area (Å²) >= 11 is 3.40. The molecule has 0 atom stereocenters. The molecule has 1 aromatic heterocycles. The first-order chi connectivity index (χ1) is 10.3. The van der Waals surface area contributed by atoms with Crippen LogP contribution in [0.4, 0.5) is 0 Å². The monoisotopic (exact) mass is 365 g/mol. The highest BCUT2D eigenvalue weighted by Gasteiger charge is 2.19. The number of halogens is 1. The van der Waals surface area contributed by atoms with Crippen LogP contribution in [0.25, 0.3) is 0 Å². The minimum atomic E-state index is -1.04. The molecule has 0 saturated heterocycles. The highest BCUT2D eigenvalue weighted by Crippen LogP contribution is 2.22. The lowest BCUT2D eigenvalue weighted by atomic mass is 10.1. The first-order valence-electron chi connectivity index (χ1n) is 6.64. The Morgan fingerprint density at radius 3 is 2.55 bits per heavy atom. The number of hydrogen-bond donors (Lipinski definition) is 1. The minimum absolute atomic E-state index is 0.120. The molecule has 0 aliphatic carbocycles. The molecule has 0 unspecified atom stereocenters. The molecule has 5 nitrogen and oxygen atoms in total. The van der Waals surface area contributed by atoms with Crippen LogP contribution in [0.2, 0.25) is 0 Å². The molecule has 0 aliphatic heterocycles. The number of amides is 1. The summed E-state index contributed by atoms with van der Waals surface area (Å²) in [6.45, 7) is 3.66. The van der Waals surface area contributed by atoms with Gasteiger partial charge in [-0.25, -0.2) is 4.79 Å². The molecule has 0 aliphatic rings. The van der Waals surface area contributed by atoms with Gasteiger partial charge in [-0.15, -0.1) is 0 Å². The Kier molecular flexibility index (Phi) is 4.71. The summed E-state index contributed by atoms with van der Waals surface area (Å²) in [5.41, 5.74) is 1.58. The van der Waals surface area contributed by atoms with Crippen LogP contribution >= 0.6 is 15.9 Å². The SMILES string of the molecule is Cc1oc(CN(C)C(=O)c2cccc(Br)c2C)cc1C(=O)O. The highest BCUT2D eigenvalue weighted by molar-refractivity contribution is 9.10. The van der Waals surface area contributed by atoms with Crippen LogP contribution in [0.5, 0.6) is 0 Å². The Morgan fingerprint density at radius 2 is 1.95 bits per heavy atom. The van der Waals surface area contributed by atoms with Gasteiger partial charge in [0.1, 0.15) is 17.1 Å². The van der Waals surface area contributed by atoms with E-state index < -0.39 is 5.97 Å². The first-order valence-corrected chi connectivity index (χ1v) is 7.43. The van der Waals surface area contributed by atoms with Gasteiger partial charge in [0.25, 0.3) is 5.91 Å². The van der Waals surface area contributed by atoms with E-state index in [-0.39, 0.29) is 18.0 Å². The van der Waals surface area contributed by atoms with E-state index in [4.69, 9.17) is 9.52 Å². The summed E-state index contributed by atoms with van der Waals surface area (Å²) in [6, 6.07) is 6.89. The quantitative estimate of drug-likeness (QED) is 0.897. The van der Waals surface area contributed by atoms with Crippen molar-refractivity contribution < 1.29 is 19.1 Å². The molecule has 1 heterocycles. The van der Waals surface area contributed by atoms with Crippen LogP contribution < -0.4 is 0 Å². The van der Waals surface area contributed by atoms with Crippen molar-refractivity contribution in [3.05, 3.63) is 56.9 Å². The molecule has 1 aromatic carbocycles. The predicted octanol–water partition coefficient (Wildman–Crippen LogP) is 3.63. The van der Waals surface area contributed by atoms with Crippen molar-refractivity contribution in [3.63, 3.8) is 0 Å². The van der Waals surface area contributed by atoms with Gasteiger partial charge in [-0.2, -0.15) is 0 Å². The number of rotatable bonds is 4. The number of benzene rings is 1. The van der Waals surface area contributed by atoms with Crippen LogP contribution in [0.3, 0.4) is 0 Å². The summed E-state index contributed by atoms with van der Waals surface area (Å²) in [4.78, 5) is 25.0. The maximum Gasteiger partial charge on any atom is 0.339 e. The molecule has 0 bridgehead atoms. The zero-order valence-electron chi connectivity index (χ0n) is 12.5. The molecule has 0 spiro atoms. The molecule has 2 aromatic rings. The number of carboxylic acid groups (broad SMARTS) is 1. The van der Waals surface area contributed by atoms with Crippen LogP contribution in [0.15, 0.2) is 33.2 Å². The van der Waals surface area contributed by atoms with Crippen molar-refractivity contribution in [1.29, 1.82) is 0 Å². The molecule has 0 radical (unpaired) electrons. The van der Waals surface area contributed by atoms with Crippen LogP contribution in [-0.4, -0.2) is 28.9 Å². The van der Waals surface area contributed by atoms with Crippen molar-refractivity contribution in [2.45, 2.75) is 20.4 Å². The maximum atomic E-state index is 12.5. The molecule has 1 N–H and O–H groups in total. The standard InChI is InChI=1S/C16H16BrNO4/c1-9-12(5-4-6-14(9)17)15(19)18(3)8-11-7-13(16(20)21)10(2)22-11/h4-7H,8H2,1-3H3,(H,20,21). The number of carbonyl (C=O) groups is 2. The summed E-state index contributed by atoms with van der Waals surface area (Å²) in [7, 11) is 1.65. The third kappa shape index (κ3) is 3.22. The molecular formula is C16H16BrNO4. The zero-order valence-corrected chi connectivity index (χ0v) is 14.1. The average Bonchev–Trinajstić information content (AvgIpc) is 2.82. The lowest BCUT2D eigenvalue weighted by Gasteiger charge is -2.17. The third-order valence-electron chi connectivity index (χ3n) is 3.44. The molecule has 22 heavy (non-hydrogen) atoms. The molecule has 0 fully saturated rings. The Morgan fingerprint density at radius 1 is 1.27 bits per heavy atom. The van der Waals surface area contributed by atoms with Crippen LogP contribution in [0.1, 0.15) is 37.8 Å². The molecule has 2 rings (SSSR count). The third-order valence-corrected chi connectivity index (χ3v) is 4.30. The van der Waals surface area contributed by atoms with Crippen molar-refractivity contribution in [1.82, 2.24) is 4.90 Å². The van der Waals surface area contributed by atoms with E-state index in [1.807, 2.05) is 13.0 Å². The van der Waals surface area contributed by atoms with Gasteiger partial charge in [0, 0.05) is 17.1 Å². The van der Waals surface area contributed by atoms with E-state index in [1.54, 1.807) is 26.1 Å². The van der Waals surface area contributed by atoms with E-state index >= 15 is 0 Å². The van der Waals surface area contributed by atoms with Crippen LogP contribution in [-0.2, 0) is 6.54 Å². The minimum Gasteiger partial charge on any atom is -0.478 e. The van der Waals surface area contributed by atoms with E-state index in [0.717, 1.165) is 10.0 Å². The summed E-state index contributed by atoms with van der Waals surface area (Å²) < 4.78 is 6.27. The Balaban J connectivity index is 2.20. The maximum absolute atomic E-state index is 12.5. The number of aryl methyl sites for hydroxylation is 1. The second kappa shape index (κ2) is 6.36.